The predicted octanol–water partition coefficient (Wildman–Crippen LogP) is 6.73. The Bertz CT molecular complexity index is 1980. The molecule has 1 spiro atoms. The highest BCUT2D eigenvalue weighted by Crippen LogP contribution is 2.42. The van der Waals surface area contributed by atoms with Gasteiger partial charge >= 0.3 is 0 Å². The van der Waals surface area contributed by atoms with Crippen molar-refractivity contribution in [3.63, 3.8) is 0 Å². The van der Waals surface area contributed by atoms with Crippen LogP contribution in [-0.4, -0.2) is 66.3 Å². The van der Waals surface area contributed by atoms with E-state index in [1.807, 2.05) is 32.3 Å². The number of piperidine rings is 1. The summed E-state index contributed by atoms with van der Waals surface area (Å²) in [5, 5.41) is 4.54. The maximum atomic E-state index is 15.1. The Balaban J connectivity index is 1.06. The van der Waals surface area contributed by atoms with Gasteiger partial charge < -0.3 is 25.3 Å². The Kier molecular flexibility index (Phi) is 8.69. The molecule has 0 amide bonds. The van der Waals surface area contributed by atoms with Crippen molar-refractivity contribution in [3.05, 3.63) is 65.3 Å². The quantitative estimate of drug-likeness (QED) is 0.188. The first-order chi connectivity index (χ1) is 23.0. The number of nitrogens with zero attached hydrogens (tertiary/aromatic N) is 8. The fraction of sp³-hybridized carbons (Fsp3) is 0.394. The van der Waals surface area contributed by atoms with E-state index in [0.717, 1.165) is 37.9 Å². The van der Waals surface area contributed by atoms with E-state index in [1.165, 1.54) is 17.8 Å². The fourth-order valence-corrected chi connectivity index (χ4v) is 7.58. The lowest BCUT2D eigenvalue weighted by atomic mass is 9.73. The minimum Gasteiger partial charge on any atom is -0.376 e. The molecular weight excluding hydrogens is 658 g/mol. The van der Waals surface area contributed by atoms with E-state index >= 15 is 8.78 Å². The molecule has 2 aliphatic heterocycles. The maximum Gasteiger partial charge on any atom is 0.229 e. The van der Waals surface area contributed by atoms with Crippen LogP contribution in [0.2, 0.25) is 5.02 Å². The van der Waals surface area contributed by atoms with E-state index in [4.69, 9.17) is 22.1 Å². The summed E-state index contributed by atoms with van der Waals surface area (Å²) in [5.41, 5.74) is 7.50. The average Bonchev–Trinajstić information content (AvgIpc) is 3.55. The topological polar surface area (TPSA) is 133 Å². The number of pyridine rings is 1. The molecule has 15 heteroatoms. The van der Waals surface area contributed by atoms with Crippen molar-refractivity contribution in [2.24, 2.45) is 11.1 Å². The molecule has 7 rings (SSSR count). The Morgan fingerprint density at radius 2 is 1.83 bits per heavy atom. The number of rotatable bonds is 7. The van der Waals surface area contributed by atoms with Crippen LogP contribution in [0.4, 0.5) is 26.4 Å². The highest BCUT2D eigenvalue weighted by molar-refractivity contribution is 7.99. The van der Waals surface area contributed by atoms with Crippen molar-refractivity contribution in [1.29, 1.82) is 0 Å². The molecule has 11 nitrogen and oxygen atoms in total. The zero-order chi connectivity index (χ0) is 33.7. The number of hydrogen-bond acceptors (Lipinski definition) is 11. The summed E-state index contributed by atoms with van der Waals surface area (Å²) < 4.78 is 37.9. The second kappa shape index (κ2) is 12.8. The molecule has 0 unspecified atom stereocenters. The Labute approximate surface area is 285 Å². The zero-order valence-corrected chi connectivity index (χ0v) is 28.5. The minimum absolute atomic E-state index is 0.0304. The van der Waals surface area contributed by atoms with Crippen LogP contribution in [0.15, 0.2) is 52.9 Å². The van der Waals surface area contributed by atoms with Gasteiger partial charge in [0.25, 0.3) is 0 Å². The number of anilines is 3. The second-order valence-corrected chi connectivity index (χ2v) is 14.1. The van der Waals surface area contributed by atoms with Gasteiger partial charge in [-0.15, -0.1) is 0 Å². The Hall–Kier alpha value is -3.98. The van der Waals surface area contributed by atoms with Crippen LogP contribution in [0.1, 0.15) is 45.5 Å². The molecule has 2 atom stereocenters. The molecule has 5 aromatic rings. The number of aromatic nitrogens is 7. The highest BCUT2D eigenvalue weighted by atomic mass is 35.5. The van der Waals surface area contributed by atoms with Gasteiger partial charge in [-0.25, -0.2) is 38.7 Å². The van der Waals surface area contributed by atoms with Gasteiger partial charge in [0.15, 0.2) is 11.6 Å². The average molecular weight is 693 g/mol. The number of imidazole rings is 1. The van der Waals surface area contributed by atoms with E-state index in [9.17, 15) is 0 Å². The lowest BCUT2D eigenvalue weighted by Gasteiger charge is -2.41. The van der Waals surface area contributed by atoms with E-state index in [2.05, 4.69) is 40.1 Å². The summed E-state index contributed by atoms with van der Waals surface area (Å²) in [5.74, 6) is 0.682. The van der Waals surface area contributed by atoms with E-state index < -0.39 is 11.6 Å². The van der Waals surface area contributed by atoms with Gasteiger partial charge in [-0.3, -0.25) is 0 Å². The molecular formula is C33H35ClF2N10OS. The summed E-state index contributed by atoms with van der Waals surface area (Å²) in [6.07, 6.45) is 6.48. The van der Waals surface area contributed by atoms with Crippen LogP contribution in [-0.2, 0) is 4.74 Å². The maximum absolute atomic E-state index is 15.1. The lowest BCUT2D eigenvalue weighted by Crippen LogP contribution is -2.50. The van der Waals surface area contributed by atoms with Crippen LogP contribution < -0.4 is 16.0 Å². The minimum atomic E-state index is -0.691. The second-order valence-electron chi connectivity index (χ2n) is 12.7. The van der Waals surface area contributed by atoms with Crippen molar-refractivity contribution in [3.8, 4) is 11.3 Å². The van der Waals surface area contributed by atoms with E-state index in [-0.39, 0.29) is 46.3 Å². The molecule has 48 heavy (non-hydrogen) atoms. The molecule has 4 aromatic heterocycles. The van der Waals surface area contributed by atoms with Crippen molar-refractivity contribution in [2.75, 3.05) is 29.9 Å². The third kappa shape index (κ3) is 6.06. The monoisotopic (exact) mass is 692 g/mol. The number of aryl methyl sites for hydroxylation is 1. The predicted molar refractivity (Wildman–Crippen MR) is 182 cm³/mol. The molecule has 2 saturated heterocycles. The molecule has 6 heterocycles. The summed E-state index contributed by atoms with van der Waals surface area (Å²) in [6.45, 7) is 10.2. The standard InChI is InChI=1S/C33H35ClF2N10OS/c1-17(2)46-19(4)41-29-22(35)11-20(12-24(29)46)28-23(36)13-40-32(44-28)43-25-6-5-21(34)31(42-25)48-27-15-38-26(14-39-27)45-9-7-33(8-10-45)16-47-18(3)30(33)37/h5-6,11-15,17-18,30H,7-10,16,37H2,1-4H3,(H,40,42,43,44)/t18-,30+/m0/s1. The molecule has 0 saturated carbocycles. The van der Waals surface area contributed by atoms with Crippen molar-refractivity contribution < 1.29 is 13.5 Å². The molecule has 2 fully saturated rings. The number of halogens is 3. The van der Waals surface area contributed by atoms with E-state index in [1.54, 1.807) is 30.6 Å². The summed E-state index contributed by atoms with van der Waals surface area (Å²) >= 11 is 7.76. The van der Waals surface area contributed by atoms with Gasteiger partial charge in [-0.1, -0.05) is 11.6 Å². The Morgan fingerprint density at radius 1 is 1.04 bits per heavy atom. The third-order valence-corrected chi connectivity index (χ3v) is 10.6. The number of fused-ring (bicyclic) bond motifs is 1. The first-order valence-electron chi connectivity index (χ1n) is 15.8. The normalized spacial score (nSPS) is 19.1. The van der Waals surface area contributed by atoms with Gasteiger partial charge in [-0.2, -0.15) is 0 Å². The van der Waals surface area contributed by atoms with Crippen LogP contribution in [0.3, 0.4) is 0 Å². The molecule has 0 bridgehead atoms. The van der Waals surface area contributed by atoms with Crippen molar-refractivity contribution >= 4 is 52.0 Å². The van der Waals surface area contributed by atoms with Gasteiger partial charge in [0.05, 0.1) is 41.8 Å². The lowest BCUT2D eigenvalue weighted by molar-refractivity contribution is 0.0974. The molecule has 0 radical (unpaired) electrons. The van der Waals surface area contributed by atoms with Crippen LogP contribution in [0.25, 0.3) is 22.3 Å². The summed E-state index contributed by atoms with van der Waals surface area (Å²) in [4.78, 5) is 28.9. The number of benzene rings is 1. The smallest absolute Gasteiger partial charge is 0.229 e. The van der Waals surface area contributed by atoms with Crippen molar-refractivity contribution in [2.45, 2.75) is 68.8 Å². The van der Waals surface area contributed by atoms with E-state index in [0.29, 0.717) is 38.8 Å². The highest BCUT2D eigenvalue weighted by Gasteiger charge is 2.47. The fourth-order valence-electron chi connectivity index (χ4n) is 6.64. The largest absolute Gasteiger partial charge is 0.376 e. The Morgan fingerprint density at radius 3 is 2.52 bits per heavy atom. The number of hydrogen-bond donors (Lipinski definition) is 2. The number of nitrogens with two attached hydrogens (primary N) is 1. The molecule has 3 N–H and O–H groups in total. The molecule has 250 valence electrons. The van der Waals surface area contributed by atoms with Crippen LogP contribution >= 0.6 is 23.4 Å². The van der Waals surface area contributed by atoms with Crippen LogP contribution in [0, 0.1) is 24.0 Å². The van der Waals surface area contributed by atoms with Crippen LogP contribution in [0.5, 0.6) is 0 Å². The molecule has 2 aliphatic rings. The molecule has 0 aliphatic carbocycles. The van der Waals surface area contributed by atoms with Gasteiger partial charge in [0.2, 0.25) is 5.95 Å². The number of ether oxygens (including phenoxy) is 1. The third-order valence-electron chi connectivity index (χ3n) is 9.26. The van der Waals surface area contributed by atoms with Gasteiger partial charge in [-0.05, 0) is 76.6 Å². The van der Waals surface area contributed by atoms with Crippen molar-refractivity contribution in [1.82, 2.24) is 34.5 Å². The van der Waals surface area contributed by atoms with Gasteiger partial charge in [0, 0.05) is 36.2 Å². The molecule has 1 aromatic carbocycles. The summed E-state index contributed by atoms with van der Waals surface area (Å²) in [6, 6.07) is 6.35. The summed E-state index contributed by atoms with van der Waals surface area (Å²) in [7, 11) is 0. The SMILES string of the molecule is Cc1nc2c(F)cc(-c3nc(Nc4ccc(Cl)c(Sc5cnc(N6CCC7(CC6)CO[C@@H](C)[C@H]7N)cn5)n4)ncc3F)cc2n1C(C)C. The van der Waals surface area contributed by atoms with Gasteiger partial charge in [0.1, 0.15) is 38.7 Å². The number of nitrogens with one attached hydrogen (secondary N) is 1. The first kappa shape index (κ1) is 32.6. The first-order valence-corrected chi connectivity index (χ1v) is 17.0. The zero-order valence-electron chi connectivity index (χ0n) is 26.9.